The van der Waals surface area contributed by atoms with Gasteiger partial charge in [-0.2, -0.15) is 5.10 Å². The number of anilines is 1. The van der Waals surface area contributed by atoms with E-state index in [-0.39, 0.29) is 18.2 Å². The third-order valence-corrected chi connectivity index (χ3v) is 6.16. The molecule has 0 N–H and O–H groups in total. The van der Waals surface area contributed by atoms with Crippen LogP contribution in [0.25, 0.3) is 0 Å². The average Bonchev–Trinajstić information content (AvgIpc) is 2.77. The van der Waals surface area contributed by atoms with Crippen molar-refractivity contribution in [3.8, 4) is 0 Å². The van der Waals surface area contributed by atoms with E-state index in [0.717, 1.165) is 29.0 Å². The van der Waals surface area contributed by atoms with Crippen LogP contribution in [0.15, 0.2) is 58.6 Å². The van der Waals surface area contributed by atoms with Crippen LogP contribution in [0.3, 0.4) is 0 Å². The molecule has 30 heavy (non-hydrogen) atoms. The van der Waals surface area contributed by atoms with E-state index < -0.39 is 0 Å². The van der Waals surface area contributed by atoms with Crippen LogP contribution < -0.4 is 5.01 Å². The SMILES string of the molecule is Cc1ccc(C)c(N=C2SCCCN2C(=O)C2=NN(c3ccccc3)C(=O)CC2)c1. The summed E-state index contributed by atoms with van der Waals surface area (Å²) in [6.45, 7) is 4.66. The van der Waals surface area contributed by atoms with Crippen LogP contribution in [0, 0.1) is 13.8 Å². The molecule has 0 unspecified atom stereocenters. The Bertz CT molecular complexity index is 1030. The van der Waals surface area contributed by atoms with E-state index in [1.165, 1.54) is 5.01 Å². The second-order valence-corrected chi connectivity index (χ2v) is 8.49. The molecule has 4 rings (SSSR count). The smallest absolute Gasteiger partial charge is 0.276 e. The minimum Gasteiger partial charge on any atom is -0.286 e. The van der Waals surface area contributed by atoms with Gasteiger partial charge in [-0.25, -0.2) is 10.0 Å². The van der Waals surface area contributed by atoms with Crippen molar-refractivity contribution in [3.05, 3.63) is 59.7 Å². The second kappa shape index (κ2) is 8.83. The van der Waals surface area contributed by atoms with Gasteiger partial charge in [-0.15, -0.1) is 0 Å². The minimum absolute atomic E-state index is 0.102. The summed E-state index contributed by atoms with van der Waals surface area (Å²) in [5, 5.41) is 6.47. The van der Waals surface area contributed by atoms with Crippen LogP contribution in [-0.4, -0.2) is 39.9 Å². The van der Waals surface area contributed by atoms with Gasteiger partial charge in [0.2, 0.25) is 5.91 Å². The second-order valence-electron chi connectivity index (χ2n) is 7.43. The standard InChI is InChI=1S/C23H24N4O2S/c1-16-9-10-17(2)20(15-16)24-23-26(13-6-14-30-23)22(29)19-11-12-21(28)27(25-19)18-7-4-3-5-8-18/h3-5,7-10,15H,6,11-14H2,1-2H3. The molecule has 1 saturated heterocycles. The van der Waals surface area contributed by atoms with Crippen molar-refractivity contribution in [1.29, 1.82) is 0 Å². The number of hydrogen-bond acceptors (Lipinski definition) is 5. The summed E-state index contributed by atoms with van der Waals surface area (Å²) in [4.78, 5) is 32.3. The molecular weight excluding hydrogens is 396 g/mol. The normalized spacial score (nSPS) is 18.5. The van der Waals surface area contributed by atoms with E-state index in [2.05, 4.69) is 11.2 Å². The van der Waals surface area contributed by atoms with Crippen LogP contribution in [-0.2, 0) is 9.59 Å². The fraction of sp³-hybridized carbons (Fsp3) is 0.304. The van der Waals surface area contributed by atoms with Gasteiger partial charge in [0.25, 0.3) is 5.91 Å². The average molecular weight is 421 g/mol. The van der Waals surface area contributed by atoms with Crippen molar-refractivity contribution in [2.45, 2.75) is 33.1 Å². The molecule has 0 radical (unpaired) electrons. The van der Waals surface area contributed by atoms with E-state index in [0.29, 0.717) is 29.5 Å². The van der Waals surface area contributed by atoms with Crippen LogP contribution in [0.1, 0.15) is 30.4 Å². The molecule has 1 fully saturated rings. The van der Waals surface area contributed by atoms with Gasteiger partial charge >= 0.3 is 0 Å². The number of carbonyl (C=O) groups is 2. The summed E-state index contributed by atoms with van der Waals surface area (Å²) < 4.78 is 0. The maximum Gasteiger partial charge on any atom is 0.276 e. The molecule has 2 aromatic carbocycles. The quantitative estimate of drug-likeness (QED) is 0.737. The van der Waals surface area contributed by atoms with Crippen LogP contribution in [0.4, 0.5) is 11.4 Å². The Labute approximate surface area is 180 Å². The van der Waals surface area contributed by atoms with Gasteiger partial charge in [-0.3, -0.25) is 14.5 Å². The number of hydrogen-bond donors (Lipinski definition) is 0. The number of aryl methyl sites for hydroxylation is 2. The van der Waals surface area contributed by atoms with Crippen LogP contribution >= 0.6 is 11.8 Å². The van der Waals surface area contributed by atoms with E-state index in [1.54, 1.807) is 16.7 Å². The van der Waals surface area contributed by atoms with Gasteiger partial charge in [0, 0.05) is 25.1 Å². The Morgan fingerprint density at radius 2 is 1.90 bits per heavy atom. The number of amidine groups is 1. The first-order valence-corrected chi connectivity index (χ1v) is 11.1. The van der Waals surface area contributed by atoms with Gasteiger partial charge in [-0.1, -0.05) is 42.1 Å². The third kappa shape index (κ3) is 4.31. The number of hydrazone groups is 1. The molecule has 2 aliphatic rings. The molecule has 0 aromatic heterocycles. The molecule has 2 aliphatic heterocycles. The molecule has 0 bridgehead atoms. The molecule has 6 nitrogen and oxygen atoms in total. The molecule has 0 atom stereocenters. The molecule has 2 amide bonds. The van der Waals surface area contributed by atoms with E-state index in [9.17, 15) is 9.59 Å². The molecule has 2 heterocycles. The monoisotopic (exact) mass is 420 g/mol. The number of thioether (sulfide) groups is 1. The first kappa shape index (κ1) is 20.3. The summed E-state index contributed by atoms with van der Waals surface area (Å²) in [7, 11) is 0. The lowest BCUT2D eigenvalue weighted by Crippen LogP contribution is -2.45. The Balaban J connectivity index is 1.64. The largest absolute Gasteiger partial charge is 0.286 e. The summed E-state index contributed by atoms with van der Waals surface area (Å²) in [6.07, 6.45) is 1.51. The lowest BCUT2D eigenvalue weighted by molar-refractivity contribution is -0.121. The van der Waals surface area contributed by atoms with E-state index in [1.807, 2.05) is 56.3 Å². The number of nitrogens with zero attached hydrogens (tertiary/aromatic N) is 4. The Kier molecular flexibility index (Phi) is 5.99. The summed E-state index contributed by atoms with van der Waals surface area (Å²) in [5.74, 6) is 0.656. The highest BCUT2D eigenvalue weighted by atomic mass is 32.2. The van der Waals surface area contributed by atoms with Crippen molar-refractivity contribution in [1.82, 2.24) is 4.90 Å². The highest BCUT2D eigenvalue weighted by molar-refractivity contribution is 8.13. The summed E-state index contributed by atoms with van der Waals surface area (Å²) in [6, 6.07) is 15.4. The summed E-state index contributed by atoms with van der Waals surface area (Å²) >= 11 is 1.59. The zero-order valence-electron chi connectivity index (χ0n) is 17.2. The highest BCUT2D eigenvalue weighted by Crippen LogP contribution is 2.27. The molecule has 7 heteroatoms. The van der Waals surface area contributed by atoms with Crippen LogP contribution in [0.5, 0.6) is 0 Å². The lowest BCUT2D eigenvalue weighted by Gasteiger charge is -2.30. The number of para-hydroxylation sites is 1. The zero-order chi connectivity index (χ0) is 21.1. The maximum atomic E-state index is 13.4. The molecule has 0 spiro atoms. The first-order chi connectivity index (χ1) is 14.5. The number of amides is 2. The maximum absolute atomic E-state index is 13.4. The van der Waals surface area contributed by atoms with Gasteiger partial charge in [-0.05, 0) is 49.6 Å². The number of rotatable bonds is 3. The highest BCUT2D eigenvalue weighted by Gasteiger charge is 2.31. The fourth-order valence-corrected chi connectivity index (χ4v) is 4.37. The Hall–Kier alpha value is -2.93. The Morgan fingerprint density at radius 1 is 1.10 bits per heavy atom. The third-order valence-electron chi connectivity index (χ3n) is 5.09. The summed E-state index contributed by atoms with van der Waals surface area (Å²) in [5.41, 5.74) is 4.15. The number of carbonyl (C=O) groups excluding carboxylic acids is 2. The zero-order valence-corrected chi connectivity index (χ0v) is 18.0. The van der Waals surface area contributed by atoms with Crippen molar-refractivity contribution >= 4 is 45.8 Å². The van der Waals surface area contributed by atoms with Crippen molar-refractivity contribution in [3.63, 3.8) is 0 Å². The predicted octanol–water partition coefficient (Wildman–Crippen LogP) is 4.44. The van der Waals surface area contributed by atoms with Crippen molar-refractivity contribution < 1.29 is 9.59 Å². The lowest BCUT2D eigenvalue weighted by atomic mass is 10.1. The molecule has 0 aliphatic carbocycles. The minimum atomic E-state index is -0.167. The first-order valence-electron chi connectivity index (χ1n) is 10.1. The van der Waals surface area contributed by atoms with Gasteiger partial charge in [0.05, 0.1) is 11.4 Å². The molecular formula is C23H24N4O2S. The molecule has 2 aromatic rings. The topological polar surface area (TPSA) is 65.3 Å². The van der Waals surface area contributed by atoms with Gasteiger partial charge in [0.15, 0.2) is 5.17 Å². The van der Waals surface area contributed by atoms with Crippen LogP contribution in [0.2, 0.25) is 0 Å². The van der Waals surface area contributed by atoms with Gasteiger partial charge < -0.3 is 0 Å². The number of aliphatic imine (C=N–C) groups is 1. The van der Waals surface area contributed by atoms with Crippen molar-refractivity contribution in [2.75, 3.05) is 17.3 Å². The fourth-order valence-electron chi connectivity index (χ4n) is 3.42. The Morgan fingerprint density at radius 3 is 2.70 bits per heavy atom. The molecule has 154 valence electrons. The molecule has 0 saturated carbocycles. The van der Waals surface area contributed by atoms with Crippen molar-refractivity contribution in [2.24, 2.45) is 10.1 Å². The van der Waals surface area contributed by atoms with E-state index >= 15 is 0 Å². The van der Waals surface area contributed by atoms with E-state index in [4.69, 9.17) is 4.99 Å². The van der Waals surface area contributed by atoms with Gasteiger partial charge in [0.1, 0.15) is 5.71 Å². The predicted molar refractivity (Wildman–Crippen MR) is 122 cm³/mol. The number of benzene rings is 2.